The van der Waals surface area contributed by atoms with Crippen LogP contribution in [0.5, 0.6) is 0 Å². The zero-order valence-corrected chi connectivity index (χ0v) is 18.5. The van der Waals surface area contributed by atoms with Gasteiger partial charge >= 0.3 is 5.97 Å². The van der Waals surface area contributed by atoms with Crippen molar-refractivity contribution in [3.05, 3.63) is 64.2 Å². The number of nitriles is 1. The predicted molar refractivity (Wildman–Crippen MR) is 116 cm³/mol. The van der Waals surface area contributed by atoms with Crippen LogP contribution in [0.2, 0.25) is 0 Å². The average molecular weight is 426 g/mol. The lowest BCUT2D eigenvalue weighted by Crippen LogP contribution is -2.35. The van der Waals surface area contributed by atoms with Crippen LogP contribution in [0, 0.1) is 36.9 Å². The number of benzene rings is 1. The van der Waals surface area contributed by atoms with Crippen molar-refractivity contribution >= 4 is 18.0 Å². The van der Waals surface area contributed by atoms with Crippen molar-refractivity contribution in [2.45, 2.75) is 53.8 Å². The molecule has 0 saturated heterocycles. The van der Waals surface area contributed by atoms with Gasteiger partial charge in [-0.1, -0.05) is 26.0 Å². The van der Waals surface area contributed by atoms with Crippen LogP contribution in [0.1, 0.15) is 43.3 Å². The minimum absolute atomic E-state index is 0.170. The summed E-state index contributed by atoms with van der Waals surface area (Å²) in [6.45, 7) is 10.6. The molecule has 1 atom stereocenters. The van der Waals surface area contributed by atoms with Crippen LogP contribution < -0.4 is 5.32 Å². The highest BCUT2D eigenvalue weighted by atomic mass is 19.1. The molecule has 1 heterocycles. The molecule has 0 aliphatic rings. The summed E-state index contributed by atoms with van der Waals surface area (Å²) in [6.07, 6.45) is 0.406. The standard InChI is InChI=1S/C24H28FN3O3/c1-15(2)14-28-16(3)10-20(17(28)4)11-21(12-26)24(30)31-18(5)23(29)27-13-19-6-8-22(25)9-7-19/h6-11,15,18H,13-14H2,1-5H3,(H,27,29)/b21-11+. The fraction of sp³-hybridized carbons (Fsp3) is 0.375. The number of aromatic nitrogens is 1. The van der Waals surface area contributed by atoms with Gasteiger partial charge in [0.25, 0.3) is 5.91 Å². The van der Waals surface area contributed by atoms with Gasteiger partial charge in [-0.2, -0.15) is 5.26 Å². The van der Waals surface area contributed by atoms with Crippen molar-refractivity contribution in [3.63, 3.8) is 0 Å². The van der Waals surface area contributed by atoms with E-state index >= 15 is 0 Å². The molecular weight excluding hydrogens is 397 g/mol. The van der Waals surface area contributed by atoms with Crippen molar-refractivity contribution in [1.29, 1.82) is 5.26 Å². The van der Waals surface area contributed by atoms with Gasteiger partial charge in [0.2, 0.25) is 0 Å². The Kier molecular flexibility index (Phi) is 8.14. The number of hydrogen-bond acceptors (Lipinski definition) is 4. The van der Waals surface area contributed by atoms with Crippen molar-refractivity contribution in [2.75, 3.05) is 0 Å². The summed E-state index contributed by atoms with van der Waals surface area (Å²) in [7, 11) is 0. The molecule has 0 aliphatic heterocycles. The molecule has 7 heteroatoms. The summed E-state index contributed by atoms with van der Waals surface area (Å²) in [6, 6.07) is 9.49. The first-order chi connectivity index (χ1) is 14.6. The number of amides is 1. The number of hydrogen-bond donors (Lipinski definition) is 1. The summed E-state index contributed by atoms with van der Waals surface area (Å²) < 4.78 is 20.3. The second-order valence-corrected chi connectivity index (χ2v) is 7.89. The van der Waals surface area contributed by atoms with E-state index in [9.17, 15) is 19.2 Å². The Labute approximate surface area is 182 Å². The summed E-state index contributed by atoms with van der Waals surface area (Å²) in [5.74, 6) is -1.28. The maximum atomic E-state index is 12.9. The summed E-state index contributed by atoms with van der Waals surface area (Å²) >= 11 is 0. The Hall–Kier alpha value is -3.40. The maximum Gasteiger partial charge on any atom is 0.349 e. The lowest BCUT2D eigenvalue weighted by atomic mass is 10.1. The first-order valence-electron chi connectivity index (χ1n) is 10.1. The van der Waals surface area contributed by atoms with E-state index in [2.05, 4.69) is 23.7 Å². The highest BCUT2D eigenvalue weighted by molar-refractivity contribution is 5.99. The van der Waals surface area contributed by atoms with E-state index in [0.717, 1.165) is 23.5 Å². The Morgan fingerprint density at radius 3 is 2.45 bits per heavy atom. The molecule has 2 rings (SSSR count). The van der Waals surface area contributed by atoms with Gasteiger partial charge in [0.1, 0.15) is 17.5 Å². The minimum Gasteiger partial charge on any atom is -0.448 e. The number of aryl methyl sites for hydroxylation is 1. The molecule has 1 aromatic carbocycles. The fourth-order valence-corrected chi connectivity index (χ4v) is 3.13. The maximum absolute atomic E-state index is 12.9. The second kappa shape index (κ2) is 10.6. The Morgan fingerprint density at radius 1 is 1.23 bits per heavy atom. The summed E-state index contributed by atoms with van der Waals surface area (Å²) in [5.41, 5.74) is 3.29. The average Bonchev–Trinajstić information content (AvgIpc) is 2.98. The molecule has 0 spiro atoms. The predicted octanol–water partition coefficient (Wildman–Crippen LogP) is 4.06. The number of halogens is 1. The summed E-state index contributed by atoms with van der Waals surface area (Å²) in [5, 5.41) is 12.1. The molecule has 2 aromatic rings. The number of ether oxygens (including phenoxy) is 1. The molecular formula is C24H28FN3O3. The summed E-state index contributed by atoms with van der Waals surface area (Å²) in [4.78, 5) is 24.7. The van der Waals surface area contributed by atoms with Crippen LogP contribution in [0.15, 0.2) is 35.9 Å². The first kappa shape index (κ1) is 23.9. The molecule has 1 unspecified atom stereocenters. The molecule has 1 aromatic heterocycles. The number of rotatable bonds is 8. The van der Waals surface area contributed by atoms with E-state index in [-0.39, 0.29) is 17.9 Å². The Balaban J connectivity index is 2.04. The highest BCUT2D eigenvalue weighted by Crippen LogP contribution is 2.20. The quantitative estimate of drug-likeness (QED) is 0.393. The van der Waals surface area contributed by atoms with E-state index in [1.165, 1.54) is 25.1 Å². The van der Waals surface area contributed by atoms with E-state index < -0.39 is 18.0 Å². The number of nitrogens with one attached hydrogen (secondary N) is 1. The van der Waals surface area contributed by atoms with Crippen LogP contribution in [0.4, 0.5) is 4.39 Å². The van der Waals surface area contributed by atoms with Crippen LogP contribution in [0.25, 0.3) is 6.08 Å². The van der Waals surface area contributed by atoms with E-state index in [1.54, 1.807) is 12.1 Å². The molecule has 0 fully saturated rings. The molecule has 31 heavy (non-hydrogen) atoms. The van der Waals surface area contributed by atoms with Gasteiger partial charge < -0.3 is 14.6 Å². The van der Waals surface area contributed by atoms with Gasteiger partial charge in [-0.05, 0) is 62.1 Å². The topological polar surface area (TPSA) is 84.1 Å². The van der Waals surface area contributed by atoms with Gasteiger partial charge in [-0.15, -0.1) is 0 Å². The third kappa shape index (κ3) is 6.54. The molecule has 1 amide bonds. The van der Waals surface area contributed by atoms with Gasteiger partial charge in [0.15, 0.2) is 6.10 Å². The molecule has 0 radical (unpaired) electrons. The molecule has 0 aliphatic carbocycles. The van der Waals surface area contributed by atoms with E-state index in [1.807, 2.05) is 26.0 Å². The molecule has 164 valence electrons. The molecule has 0 saturated carbocycles. The number of esters is 1. The van der Waals surface area contributed by atoms with Crippen LogP contribution in [-0.2, 0) is 27.4 Å². The van der Waals surface area contributed by atoms with E-state index in [4.69, 9.17) is 4.74 Å². The van der Waals surface area contributed by atoms with Crippen molar-refractivity contribution in [2.24, 2.45) is 5.92 Å². The van der Waals surface area contributed by atoms with Gasteiger partial charge in [-0.25, -0.2) is 9.18 Å². The highest BCUT2D eigenvalue weighted by Gasteiger charge is 2.21. The van der Waals surface area contributed by atoms with Gasteiger partial charge in [0, 0.05) is 24.5 Å². The Morgan fingerprint density at radius 2 is 1.87 bits per heavy atom. The van der Waals surface area contributed by atoms with Crippen LogP contribution in [0.3, 0.4) is 0 Å². The number of carbonyl (C=O) groups excluding carboxylic acids is 2. The second-order valence-electron chi connectivity index (χ2n) is 7.89. The SMILES string of the molecule is Cc1cc(/C=C(\C#N)C(=O)OC(C)C(=O)NCc2ccc(F)cc2)c(C)n1CC(C)C. The van der Waals surface area contributed by atoms with Crippen molar-refractivity contribution in [3.8, 4) is 6.07 Å². The number of carbonyl (C=O) groups is 2. The van der Waals surface area contributed by atoms with Crippen LogP contribution in [-0.4, -0.2) is 22.5 Å². The third-order valence-electron chi connectivity index (χ3n) is 4.83. The van der Waals surface area contributed by atoms with Crippen molar-refractivity contribution < 1.29 is 18.7 Å². The van der Waals surface area contributed by atoms with E-state index in [0.29, 0.717) is 11.5 Å². The smallest absolute Gasteiger partial charge is 0.349 e. The van der Waals surface area contributed by atoms with Crippen molar-refractivity contribution in [1.82, 2.24) is 9.88 Å². The normalized spacial score (nSPS) is 12.4. The Bertz CT molecular complexity index is 1010. The molecule has 6 nitrogen and oxygen atoms in total. The number of nitrogens with zero attached hydrogens (tertiary/aromatic N) is 2. The first-order valence-corrected chi connectivity index (χ1v) is 10.1. The molecule has 0 bridgehead atoms. The lowest BCUT2D eigenvalue weighted by molar-refractivity contribution is -0.150. The molecule has 1 N–H and O–H groups in total. The largest absolute Gasteiger partial charge is 0.448 e. The van der Waals surface area contributed by atoms with Gasteiger partial charge in [0.05, 0.1) is 0 Å². The fourth-order valence-electron chi connectivity index (χ4n) is 3.13. The zero-order valence-electron chi connectivity index (χ0n) is 18.5. The van der Waals surface area contributed by atoms with Gasteiger partial charge in [-0.3, -0.25) is 4.79 Å². The van der Waals surface area contributed by atoms with Crippen LogP contribution >= 0.6 is 0 Å². The minimum atomic E-state index is -1.09. The zero-order chi connectivity index (χ0) is 23.1. The third-order valence-corrected chi connectivity index (χ3v) is 4.83. The monoisotopic (exact) mass is 425 g/mol. The lowest BCUT2D eigenvalue weighted by Gasteiger charge is -2.13.